The smallest absolute Gasteiger partial charge is 0.254 e. The molecule has 0 aliphatic rings. The first-order valence-electron chi connectivity index (χ1n) is 8.29. The maximum Gasteiger partial charge on any atom is 0.254 e. The normalized spacial score (nSPS) is 13.0. The minimum Gasteiger partial charge on any atom is -0.493 e. The third-order valence-corrected chi connectivity index (χ3v) is 3.92. The van der Waals surface area contributed by atoms with Crippen LogP contribution in [0.25, 0.3) is 0 Å². The quantitative estimate of drug-likeness (QED) is 0.795. The van der Waals surface area contributed by atoms with Crippen LogP contribution >= 0.6 is 0 Å². The molecule has 5 heteroatoms. The van der Waals surface area contributed by atoms with Crippen LogP contribution in [0.4, 0.5) is 0 Å². The molecule has 134 valence electrons. The van der Waals surface area contributed by atoms with Gasteiger partial charge in [0.25, 0.3) is 5.91 Å². The van der Waals surface area contributed by atoms with Crippen molar-refractivity contribution < 1.29 is 19.0 Å². The number of methoxy groups -OCH3 is 2. The Morgan fingerprint density at radius 1 is 1.04 bits per heavy atom. The number of nitrogens with one attached hydrogen (secondary N) is 1. The summed E-state index contributed by atoms with van der Waals surface area (Å²) < 4.78 is 16.3. The van der Waals surface area contributed by atoms with Gasteiger partial charge in [-0.1, -0.05) is 36.4 Å². The number of hydrogen-bond donors (Lipinski definition) is 1. The summed E-state index contributed by atoms with van der Waals surface area (Å²) in [6.45, 7) is 4.41. The molecule has 0 fully saturated rings. The summed E-state index contributed by atoms with van der Waals surface area (Å²) in [7, 11) is 3.13. The van der Waals surface area contributed by atoms with E-state index in [9.17, 15) is 4.79 Å². The molecule has 0 heterocycles. The lowest BCUT2D eigenvalue weighted by atomic mass is 10.1. The minimum atomic E-state index is -0.645. The summed E-state index contributed by atoms with van der Waals surface area (Å²) >= 11 is 0. The first kappa shape index (κ1) is 18.8. The van der Waals surface area contributed by atoms with Crippen molar-refractivity contribution in [2.45, 2.75) is 26.0 Å². The predicted octanol–water partition coefficient (Wildman–Crippen LogP) is 3.66. The van der Waals surface area contributed by atoms with Gasteiger partial charge < -0.3 is 19.5 Å². The summed E-state index contributed by atoms with van der Waals surface area (Å²) in [5.41, 5.74) is 1.75. The second-order valence-electron chi connectivity index (χ2n) is 5.60. The van der Waals surface area contributed by atoms with E-state index < -0.39 is 6.10 Å². The van der Waals surface area contributed by atoms with Crippen molar-refractivity contribution in [2.24, 2.45) is 0 Å². The molecule has 2 rings (SSSR count). The molecule has 0 aliphatic carbocycles. The zero-order valence-electron chi connectivity index (χ0n) is 15.1. The van der Waals surface area contributed by atoms with Gasteiger partial charge in [-0.3, -0.25) is 4.79 Å². The Morgan fingerprint density at radius 3 is 2.36 bits per heavy atom. The standard InChI is InChI=1S/C20H25NO4/c1-5-25-17-12-11-16(13-18(17)23-3)14(2)21-20(22)19(24-4)15-9-7-6-8-10-15/h6-14,19H,5H2,1-4H3,(H,21,22). The van der Waals surface area contributed by atoms with Crippen LogP contribution < -0.4 is 14.8 Å². The maximum absolute atomic E-state index is 12.6. The van der Waals surface area contributed by atoms with E-state index in [1.54, 1.807) is 7.11 Å². The van der Waals surface area contributed by atoms with Crippen molar-refractivity contribution in [3.63, 3.8) is 0 Å². The van der Waals surface area contributed by atoms with Crippen LogP contribution in [0.3, 0.4) is 0 Å². The van der Waals surface area contributed by atoms with Gasteiger partial charge in [-0.05, 0) is 37.1 Å². The van der Waals surface area contributed by atoms with Gasteiger partial charge in [-0.25, -0.2) is 0 Å². The van der Waals surface area contributed by atoms with Crippen molar-refractivity contribution >= 4 is 5.91 Å². The summed E-state index contributed by atoms with van der Waals surface area (Å²) in [4.78, 5) is 12.6. The molecule has 1 N–H and O–H groups in total. The molecular formula is C20H25NO4. The molecular weight excluding hydrogens is 318 g/mol. The van der Waals surface area contributed by atoms with Crippen LogP contribution in [0.15, 0.2) is 48.5 Å². The van der Waals surface area contributed by atoms with E-state index in [-0.39, 0.29) is 11.9 Å². The highest BCUT2D eigenvalue weighted by Crippen LogP contribution is 2.30. The maximum atomic E-state index is 12.6. The highest BCUT2D eigenvalue weighted by Gasteiger charge is 2.22. The second kappa shape index (κ2) is 9.08. The van der Waals surface area contributed by atoms with E-state index in [0.717, 1.165) is 11.1 Å². The highest BCUT2D eigenvalue weighted by molar-refractivity contribution is 5.82. The molecule has 0 saturated heterocycles. The minimum absolute atomic E-state index is 0.186. The monoisotopic (exact) mass is 343 g/mol. The lowest BCUT2D eigenvalue weighted by molar-refractivity contribution is -0.132. The fraction of sp³-hybridized carbons (Fsp3) is 0.350. The molecule has 1 amide bonds. The molecule has 2 aromatic rings. The van der Waals surface area contributed by atoms with Crippen molar-refractivity contribution in [1.29, 1.82) is 0 Å². The summed E-state index contributed by atoms with van der Waals surface area (Å²) in [6, 6.07) is 14.9. The molecule has 2 atom stereocenters. The second-order valence-corrected chi connectivity index (χ2v) is 5.60. The zero-order chi connectivity index (χ0) is 18.2. The zero-order valence-corrected chi connectivity index (χ0v) is 15.1. The van der Waals surface area contributed by atoms with Gasteiger partial charge in [0.05, 0.1) is 19.8 Å². The van der Waals surface area contributed by atoms with E-state index in [2.05, 4.69) is 5.32 Å². The molecule has 0 spiro atoms. The van der Waals surface area contributed by atoms with E-state index in [1.165, 1.54) is 7.11 Å². The van der Waals surface area contributed by atoms with Crippen LogP contribution in [0.5, 0.6) is 11.5 Å². The lowest BCUT2D eigenvalue weighted by Gasteiger charge is -2.21. The first-order chi connectivity index (χ1) is 12.1. The Kier molecular flexibility index (Phi) is 6.83. The fourth-order valence-electron chi connectivity index (χ4n) is 2.62. The van der Waals surface area contributed by atoms with Gasteiger partial charge in [-0.2, -0.15) is 0 Å². The Morgan fingerprint density at radius 2 is 1.76 bits per heavy atom. The molecule has 25 heavy (non-hydrogen) atoms. The van der Waals surface area contributed by atoms with E-state index >= 15 is 0 Å². The summed E-state index contributed by atoms with van der Waals surface area (Å²) in [5, 5.41) is 2.99. The van der Waals surface area contributed by atoms with Gasteiger partial charge in [-0.15, -0.1) is 0 Å². The number of rotatable bonds is 8. The van der Waals surface area contributed by atoms with Gasteiger partial charge in [0.1, 0.15) is 0 Å². The Bertz CT molecular complexity index is 687. The summed E-state index contributed by atoms with van der Waals surface area (Å²) in [5.74, 6) is 1.15. The Balaban J connectivity index is 2.12. The van der Waals surface area contributed by atoms with Crippen molar-refractivity contribution in [2.75, 3.05) is 20.8 Å². The van der Waals surface area contributed by atoms with Crippen molar-refractivity contribution in [3.05, 3.63) is 59.7 Å². The van der Waals surface area contributed by atoms with Crippen molar-refractivity contribution in [3.8, 4) is 11.5 Å². The van der Waals surface area contributed by atoms with Crippen LogP contribution in [-0.2, 0) is 9.53 Å². The number of carbonyl (C=O) groups excluding carboxylic acids is 1. The van der Waals surface area contributed by atoms with E-state index in [1.807, 2.05) is 62.4 Å². The molecule has 0 saturated carbocycles. The van der Waals surface area contributed by atoms with Gasteiger partial charge in [0.2, 0.25) is 0 Å². The SMILES string of the molecule is CCOc1ccc(C(C)NC(=O)C(OC)c2ccccc2)cc1OC. The number of amides is 1. The molecule has 2 aromatic carbocycles. The third-order valence-electron chi connectivity index (χ3n) is 3.92. The third kappa shape index (κ3) is 4.73. The van der Waals surface area contributed by atoms with Crippen LogP contribution in [0.1, 0.15) is 37.1 Å². The largest absolute Gasteiger partial charge is 0.493 e. The fourth-order valence-corrected chi connectivity index (χ4v) is 2.62. The average molecular weight is 343 g/mol. The van der Waals surface area contributed by atoms with E-state index in [0.29, 0.717) is 18.1 Å². The molecule has 0 aromatic heterocycles. The molecule has 0 bridgehead atoms. The first-order valence-corrected chi connectivity index (χ1v) is 8.29. The molecule has 0 radical (unpaired) electrons. The van der Waals surface area contributed by atoms with Crippen LogP contribution in [-0.4, -0.2) is 26.7 Å². The molecule has 2 unspecified atom stereocenters. The van der Waals surface area contributed by atoms with Crippen LogP contribution in [0, 0.1) is 0 Å². The number of benzene rings is 2. The Labute approximate surface area is 148 Å². The molecule has 0 aliphatic heterocycles. The van der Waals surface area contributed by atoms with Gasteiger partial charge in [0, 0.05) is 7.11 Å². The Hall–Kier alpha value is -2.53. The number of carbonyl (C=O) groups is 1. The topological polar surface area (TPSA) is 56.8 Å². The molecule has 5 nitrogen and oxygen atoms in total. The predicted molar refractivity (Wildman–Crippen MR) is 96.9 cm³/mol. The van der Waals surface area contributed by atoms with Crippen molar-refractivity contribution in [1.82, 2.24) is 5.32 Å². The van der Waals surface area contributed by atoms with Gasteiger partial charge >= 0.3 is 0 Å². The number of hydrogen-bond acceptors (Lipinski definition) is 4. The average Bonchev–Trinajstić information content (AvgIpc) is 2.63. The number of ether oxygens (including phenoxy) is 3. The lowest BCUT2D eigenvalue weighted by Crippen LogP contribution is -2.32. The van der Waals surface area contributed by atoms with Gasteiger partial charge in [0.15, 0.2) is 17.6 Å². The summed E-state index contributed by atoms with van der Waals surface area (Å²) in [6.07, 6.45) is -0.645. The van der Waals surface area contributed by atoms with Crippen LogP contribution in [0.2, 0.25) is 0 Å². The highest BCUT2D eigenvalue weighted by atomic mass is 16.5. The van der Waals surface area contributed by atoms with E-state index in [4.69, 9.17) is 14.2 Å².